The van der Waals surface area contributed by atoms with E-state index < -0.39 is 0 Å². The van der Waals surface area contributed by atoms with Crippen molar-refractivity contribution in [2.75, 3.05) is 6.61 Å². The summed E-state index contributed by atoms with van der Waals surface area (Å²) in [7, 11) is 0. The number of aliphatic hydroxyl groups is 1. The van der Waals surface area contributed by atoms with Crippen LogP contribution in [0.5, 0.6) is 0 Å². The number of carbonyl (C=O) groups excluding carboxylic acids is 1. The van der Waals surface area contributed by atoms with Crippen molar-refractivity contribution in [1.82, 2.24) is 10.3 Å². The molecule has 0 aromatic carbocycles. The van der Waals surface area contributed by atoms with Gasteiger partial charge >= 0.3 is 0 Å². The first-order valence-corrected chi connectivity index (χ1v) is 6.55. The minimum atomic E-state index is -0.0640. The Labute approximate surface area is 107 Å². The fraction of sp³-hybridized carbons (Fsp3) is 0.571. The van der Waals surface area contributed by atoms with E-state index in [0.717, 1.165) is 31.4 Å². The molecule has 2 rings (SSSR count). The highest BCUT2D eigenvalue weighted by atomic mass is 16.3. The van der Waals surface area contributed by atoms with Crippen molar-refractivity contribution in [2.24, 2.45) is 5.92 Å². The lowest BCUT2D eigenvalue weighted by Gasteiger charge is -2.30. The zero-order chi connectivity index (χ0) is 13.0. The van der Waals surface area contributed by atoms with Crippen molar-refractivity contribution < 1.29 is 9.90 Å². The number of aromatic nitrogens is 1. The van der Waals surface area contributed by atoms with Crippen molar-refractivity contribution in [2.45, 2.75) is 38.6 Å². The molecule has 0 bridgehead atoms. The van der Waals surface area contributed by atoms with E-state index in [1.807, 2.05) is 6.92 Å². The molecule has 1 aliphatic rings. The molecule has 1 heterocycles. The number of rotatable bonds is 3. The summed E-state index contributed by atoms with van der Waals surface area (Å²) >= 11 is 0. The maximum Gasteiger partial charge on any atom is 0.251 e. The molecule has 18 heavy (non-hydrogen) atoms. The second-order valence-corrected chi connectivity index (χ2v) is 4.99. The van der Waals surface area contributed by atoms with Crippen LogP contribution in [0.15, 0.2) is 18.3 Å². The maximum absolute atomic E-state index is 12.1. The molecule has 0 radical (unpaired) electrons. The quantitative estimate of drug-likeness (QED) is 0.855. The molecule has 0 saturated heterocycles. The van der Waals surface area contributed by atoms with E-state index >= 15 is 0 Å². The first kappa shape index (κ1) is 13.0. The number of aliphatic hydroxyl groups excluding tert-OH is 1. The fourth-order valence-corrected chi connectivity index (χ4v) is 2.55. The van der Waals surface area contributed by atoms with Crippen molar-refractivity contribution >= 4 is 5.91 Å². The van der Waals surface area contributed by atoms with Crippen LogP contribution in [0, 0.1) is 12.8 Å². The van der Waals surface area contributed by atoms with Gasteiger partial charge in [0.1, 0.15) is 0 Å². The Hall–Kier alpha value is -1.42. The molecule has 2 N–H and O–H groups in total. The number of hydrogen-bond acceptors (Lipinski definition) is 3. The Morgan fingerprint density at radius 1 is 1.50 bits per heavy atom. The molecular formula is C14H20N2O2. The SMILES string of the molecule is Cc1cc(C(=O)NC2CCCCC2CO)ccn1. The summed E-state index contributed by atoms with van der Waals surface area (Å²) in [6.07, 6.45) is 5.87. The van der Waals surface area contributed by atoms with Gasteiger partial charge in [0.05, 0.1) is 0 Å². The summed E-state index contributed by atoms with van der Waals surface area (Å²) in [5.41, 5.74) is 1.48. The molecule has 0 aliphatic heterocycles. The first-order chi connectivity index (χ1) is 8.70. The van der Waals surface area contributed by atoms with Crippen LogP contribution in [0.3, 0.4) is 0 Å². The van der Waals surface area contributed by atoms with E-state index in [4.69, 9.17) is 0 Å². The van der Waals surface area contributed by atoms with Gasteiger partial charge in [0, 0.05) is 36.0 Å². The molecule has 1 aromatic rings. The van der Waals surface area contributed by atoms with Crippen LogP contribution >= 0.6 is 0 Å². The second kappa shape index (κ2) is 5.96. The van der Waals surface area contributed by atoms with Gasteiger partial charge in [-0.2, -0.15) is 0 Å². The predicted molar refractivity (Wildman–Crippen MR) is 69.3 cm³/mol. The number of hydrogen-bond donors (Lipinski definition) is 2. The smallest absolute Gasteiger partial charge is 0.251 e. The Kier molecular flexibility index (Phi) is 4.31. The monoisotopic (exact) mass is 248 g/mol. The normalized spacial score (nSPS) is 23.7. The van der Waals surface area contributed by atoms with Gasteiger partial charge in [-0.15, -0.1) is 0 Å². The summed E-state index contributed by atoms with van der Waals surface area (Å²) in [5.74, 6) is 0.136. The van der Waals surface area contributed by atoms with Gasteiger partial charge in [0.2, 0.25) is 0 Å². The molecule has 1 aromatic heterocycles. The number of nitrogens with zero attached hydrogens (tertiary/aromatic N) is 1. The maximum atomic E-state index is 12.1. The molecular weight excluding hydrogens is 228 g/mol. The van der Waals surface area contributed by atoms with Crippen molar-refractivity contribution in [1.29, 1.82) is 0 Å². The number of carbonyl (C=O) groups is 1. The molecule has 2 unspecified atom stereocenters. The third-order valence-electron chi connectivity index (χ3n) is 3.62. The summed E-state index contributed by atoms with van der Waals surface area (Å²) in [4.78, 5) is 16.2. The van der Waals surface area contributed by atoms with E-state index in [1.54, 1.807) is 18.3 Å². The largest absolute Gasteiger partial charge is 0.396 e. The summed E-state index contributed by atoms with van der Waals surface area (Å²) in [6, 6.07) is 3.61. The highest BCUT2D eigenvalue weighted by molar-refractivity contribution is 5.94. The molecule has 2 atom stereocenters. The highest BCUT2D eigenvalue weighted by Crippen LogP contribution is 2.24. The standard InChI is InChI=1S/C14H20N2O2/c1-10-8-11(6-7-15-10)14(18)16-13-5-3-2-4-12(13)9-17/h6-8,12-13,17H,2-5,9H2,1H3,(H,16,18). The molecule has 4 heteroatoms. The predicted octanol–water partition coefficient (Wildman–Crippen LogP) is 1.67. The van der Waals surface area contributed by atoms with Crippen LogP contribution in [0.25, 0.3) is 0 Å². The summed E-state index contributed by atoms with van der Waals surface area (Å²) in [5, 5.41) is 12.4. The molecule has 0 spiro atoms. The summed E-state index contributed by atoms with van der Waals surface area (Å²) in [6.45, 7) is 2.02. The van der Waals surface area contributed by atoms with Crippen LogP contribution in [0.1, 0.15) is 41.7 Å². The van der Waals surface area contributed by atoms with Crippen LogP contribution in [0.2, 0.25) is 0 Å². The minimum Gasteiger partial charge on any atom is -0.396 e. The molecule has 1 aliphatic carbocycles. The number of amides is 1. The Balaban J connectivity index is 2.02. The second-order valence-electron chi connectivity index (χ2n) is 4.99. The van der Waals surface area contributed by atoms with Gasteiger partial charge < -0.3 is 10.4 Å². The summed E-state index contributed by atoms with van der Waals surface area (Å²) < 4.78 is 0. The van der Waals surface area contributed by atoms with Crippen LogP contribution in [0.4, 0.5) is 0 Å². The minimum absolute atomic E-state index is 0.0640. The Morgan fingerprint density at radius 3 is 3.00 bits per heavy atom. The molecule has 98 valence electrons. The lowest BCUT2D eigenvalue weighted by Crippen LogP contribution is -2.43. The van der Waals surface area contributed by atoms with Crippen LogP contribution in [-0.2, 0) is 0 Å². The fourth-order valence-electron chi connectivity index (χ4n) is 2.55. The van der Waals surface area contributed by atoms with Gasteiger partial charge in [-0.25, -0.2) is 0 Å². The van der Waals surface area contributed by atoms with Gasteiger partial charge in [-0.3, -0.25) is 9.78 Å². The topological polar surface area (TPSA) is 62.2 Å². The third-order valence-corrected chi connectivity index (χ3v) is 3.62. The van der Waals surface area contributed by atoms with Gasteiger partial charge in [0.15, 0.2) is 0 Å². The lowest BCUT2D eigenvalue weighted by molar-refractivity contribution is 0.0872. The van der Waals surface area contributed by atoms with Crippen molar-refractivity contribution in [3.63, 3.8) is 0 Å². The van der Waals surface area contributed by atoms with Gasteiger partial charge in [-0.1, -0.05) is 12.8 Å². The van der Waals surface area contributed by atoms with E-state index in [1.165, 1.54) is 0 Å². The van der Waals surface area contributed by atoms with E-state index in [0.29, 0.717) is 5.56 Å². The zero-order valence-corrected chi connectivity index (χ0v) is 10.7. The molecule has 4 nitrogen and oxygen atoms in total. The highest BCUT2D eigenvalue weighted by Gasteiger charge is 2.26. The molecule has 1 amide bonds. The Morgan fingerprint density at radius 2 is 2.28 bits per heavy atom. The van der Waals surface area contributed by atoms with Crippen molar-refractivity contribution in [3.05, 3.63) is 29.6 Å². The molecule has 1 saturated carbocycles. The van der Waals surface area contributed by atoms with E-state index in [9.17, 15) is 9.90 Å². The van der Waals surface area contributed by atoms with Gasteiger partial charge in [-0.05, 0) is 31.9 Å². The van der Waals surface area contributed by atoms with E-state index in [-0.39, 0.29) is 24.5 Å². The number of pyridine rings is 1. The average molecular weight is 248 g/mol. The van der Waals surface area contributed by atoms with Crippen LogP contribution < -0.4 is 5.32 Å². The van der Waals surface area contributed by atoms with E-state index in [2.05, 4.69) is 10.3 Å². The number of nitrogens with one attached hydrogen (secondary N) is 1. The third kappa shape index (κ3) is 3.07. The van der Waals surface area contributed by atoms with Crippen LogP contribution in [-0.4, -0.2) is 28.6 Å². The van der Waals surface area contributed by atoms with Crippen molar-refractivity contribution in [3.8, 4) is 0 Å². The first-order valence-electron chi connectivity index (χ1n) is 6.55. The Bertz CT molecular complexity index is 420. The molecule has 1 fully saturated rings. The lowest BCUT2D eigenvalue weighted by atomic mass is 9.85. The average Bonchev–Trinajstić information content (AvgIpc) is 2.39. The van der Waals surface area contributed by atoms with Gasteiger partial charge in [0.25, 0.3) is 5.91 Å². The number of aryl methyl sites for hydroxylation is 1. The zero-order valence-electron chi connectivity index (χ0n) is 10.7.